The van der Waals surface area contributed by atoms with Crippen molar-refractivity contribution < 1.29 is 19.1 Å². The van der Waals surface area contributed by atoms with Crippen LogP contribution in [0, 0.1) is 0 Å². The van der Waals surface area contributed by atoms with Crippen molar-refractivity contribution in [1.82, 2.24) is 4.90 Å². The molecule has 0 aliphatic carbocycles. The van der Waals surface area contributed by atoms with Gasteiger partial charge in [-0.25, -0.2) is 0 Å². The second kappa shape index (κ2) is 7.10. The fraction of sp³-hybridized carbons (Fsp3) is 0.333. The van der Waals surface area contributed by atoms with Crippen molar-refractivity contribution in [2.75, 3.05) is 19.0 Å². The predicted molar refractivity (Wildman–Crippen MR) is 93.0 cm³/mol. The third kappa shape index (κ3) is 3.89. The molecule has 1 atom stereocenters. The van der Waals surface area contributed by atoms with Crippen molar-refractivity contribution in [1.29, 1.82) is 0 Å². The van der Waals surface area contributed by atoms with E-state index in [9.17, 15) is 14.4 Å². The molecule has 2 rings (SSSR count). The van der Waals surface area contributed by atoms with Crippen LogP contribution in [0.5, 0.6) is 5.75 Å². The monoisotopic (exact) mass is 352 g/mol. The molecule has 1 aromatic carbocycles. The van der Waals surface area contributed by atoms with E-state index in [-0.39, 0.29) is 23.5 Å². The van der Waals surface area contributed by atoms with Gasteiger partial charge in [-0.3, -0.25) is 19.3 Å². The first-order chi connectivity index (χ1) is 10.8. The van der Waals surface area contributed by atoms with Gasteiger partial charge < -0.3 is 10.1 Å². The Hall–Kier alpha value is -1.93. The standard InChI is InChI=1S/C15H16N2O4S2/c1-8(18)10-4-5-12(21-3)11(6-10)16-13(19)7-17-14(20)9(2)23-15(17)22/h4-6,9H,7H2,1-3H3,(H,16,19). The molecule has 122 valence electrons. The Kier molecular flexibility index (Phi) is 5.38. The number of nitrogens with one attached hydrogen (secondary N) is 1. The minimum absolute atomic E-state index is 0.121. The number of thioether (sulfide) groups is 1. The summed E-state index contributed by atoms with van der Waals surface area (Å²) >= 11 is 6.36. The topological polar surface area (TPSA) is 75.7 Å². The number of nitrogens with zero attached hydrogens (tertiary/aromatic N) is 1. The van der Waals surface area contributed by atoms with Gasteiger partial charge in [0.25, 0.3) is 0 Å². The number of carbonyl (C=O) groups excluding carboxylic acids is 3. The molecule has 1 unspecified atom stereocenters. The highest BCUT2D eigenvalue weighted by molar-refractivity contribution is 8.24. The lowest BCUT2D eigenvalue weighted by Gasteiger charge is -2.16. The number of rotatable bonds is 5. The molecule has 1 N–H and O–H groups in total. The molecule has 0 radical (unpaired) electrons. The number of ketones is 1. The van der Waals surface area contributed by atoms with Gasteiger partial charge in [-0.2, -0.15) is 0 Å². The number of amides is 2. The Bertz CT molecular complexity index is 690. The minimum atomic E-state index is -0.408. The van der Waals surface area contributed by atoms with Crippen molar-refractivity contribution >= 4 is 51.6 Å². The number of ether oxygens (including phenoxy) is 1. The maximum atomic E-state index is 12.2. The van der Waals surface area contributed by atoms with Gasteiger partial charge in [0, 0.05) is 5.56 Å². The highest BCUT2D eigenvalue weighted by Gasteiger charge is 2.34. The Balaban J connectivity index is 2.14. The molecular weight excluding hydrogens is 336 g/mol. The lowest BCUT2D eigenvalue weighted by atomic mass is 10.1. The van der Waals surface area contributed by atoms with Gasteiger partial charge in [0.2, 0.25) is 11.8 Å². The van der Waals surface area contributed by atoms with Crippen LogP contribution < -0.4 is 10.1 Å². The Morgan fingerprint density at radius 3 is 2.65 bits per heavy atom. The molecule has 6 nitrogen and oxygen atoms in total. The van der Waals surface area contributed by atoms with E-state index in [2.05, 4.69) is 5.32 Å². The van der Waals surface area contributed by atoms with Gasteiger partial charge in [0.15, 0.2) is 5.78 Å². The van der Waals surface area contributed by atoms with E-state index in [0.717, 1.165) is 0 Å². The summed E-state index contributed by atoms with van der Waals surface area (Å²) in [6, 6.07) is 4.77. The molecule has 0 aromatic heterocycles. The van der Waals surface area contributed by atoms with Crippen molar-refractivity contribution in [3.8, 4) is 5.75 Å². The lowest BCUT2D eigenvalue weighted by Crippen LogP contribution is -2.37. The van der Waals surface area contributed by atoms with E-state index in [4.69, 9.17) is 17.0 Å². The van der Waals surface area contributed by atoms with E-state index < -0.39 is 5.91 Å². The van der Waals surface area contributed by atoms with E-state index >= 15 is 0 Å². The number of Topliss-reactive ketones (excluding diaryl/α,β-unsaturated/α-hetero) is 1. The van der Waals surface area contributed by atoms with Crippen LogP contribution in [-0.4, -0.2) is 45.7 Å². The summed E-state index contributed by atoms with van der Waals surface area (Å²) < 4.78 is 5.56. The van der Waals surface area contributed by atoms with E-state index in [1.807, 2.05) is 0 Å². The highest BCUT2D eigenvalue weighted by atomic mass is 32.2. The van der Waals surface area contributed by atoms with Crippen LogP contribution in [0.1, 0.15) is 24.2 Å². The molecule has 1 heterocycles. The second-order valence-corrected chi connectivity index (χ2v) is 6.94. The molecule has 1 saturated heterocycles. The summed E-state index contributed by atoms with van der Waals surface area (Å²) in [5.41, 5.74) is 0.835. The van der Waals surface area contributed by atoms with Crippen LogP contribution in [0.25, 0.3) is 0 Å². The van der Waals surface area contributed by atoms with Crippen LogP contribution in [0.3, 0.4) is 0 Å². The fourth-order valence-electron chi connectivity index (χ4n) is 2.08. The molecule has 1 aromatic rings. The summed E-state index contributed by atoms with van der Waals surface area (Å²) in [5.74, 6) is -0.278. The molecule has 1 aliphatic heterocycles. The van der Waals surface area contributed by atoms with Gasteiger partial charge in [0.1, 0.15) is 16.6 Å². The summed E-state index contributed by atoms with van der Waals surface area (Å²) in [6.45, 7) is 3.02. The summed E-state index contributed by atoms with van der Waals surface area (Å²) in [5, 5.41) is 2.39. The third-order valence-corrected chi connectivity index (χ3v) is 4.78. The van der Waals surface area contributed by atoms with Crippen molar-refractivity contribution in [3.05, 3.63) is 23.8 Å². The molecule has 1 fully saturated rings. The van der Waals surface area contributed by atoms with Crippen molar-refractivity contribution in [2.45, 2.75) is 19.1 Å². The molecule has 8 heteroatoms. The van der Waals surface area contributed by atoms with Gasteiger partial charge in [-0.1, -0.05) is 24.0 Å². The molecule has 0 saturated carbocycles. The van der Waals surface area contributed by atoms with Crippen LogP contribution in [0.2, 0.25) is 0 Å². The summed E-state index contributed by atoms with van der Waals surface area (Å²) in [7, 11) is 1.47. The Morgan fingerprint density at radius 1 is 1.43 bits per heavy atom. The zero-order valence-electron chi connectivity index (χ0n) is 12.9. The first kappa shape index (κ1) is 17.4. The van der Waals surface area contributed by atoms with Crippen LogP contribution >= 0.6 is 24.0 Å². The predicted octanol–water partition coefficient (Wildman–Crippen LogP) is 2.09. The van der Waals surface area contributed by atoms with Gasteiger partial charge in [0.05, 0.1) is 18.0 Å². The molecule has 0 spiro atoms. The number of carbonyl (C=O) groups is 3. The fourth-order valence-corrected chi connectivity index (χ4v) is 3.47. The van der Waals surface area contributed by atoms with Crippen LogP contribution in [0.4, 0.5) is 5.69 Å². The first-order valence-electron chi connectivity index (χ1n) is 6.84. The number of methoxy groups -OCH3 is 1. The SMILES string of the molecule is COc1ccc(C(C)=O)cc1NC(=O)CN1C(=O)C(C)SC1=S. The Labute approximate surface area is 143 Å². The maximum absolute atomic E-state index is 12.2. The quantitative estimate of drug-likeness (QED) is 0.646. The molecule has 23 heavy (non-hydrogen) atoms. The molecular formula is C15H16N2O4S2. The number of hydrogen-bond acceptors (Lipinski definition) is 6. The normalized spacial score (nSPS) is 17.3. The maximum Gasteiger partial charge on any atom is 0.244 e. The third-order valence-electron chi connectivity index (χ3n) is 3.29. The Morgan fingerprint density at radius 2 is 2.13 bits per heavy atom. The number of thiocarbonyl (C=S) groups is 1. The zero-order valence-corrected chi connectivity index (χ0v) is 14.5. The number of anilines is 1. The summed E-state index contributed by atoms with van der Waals surface area (Å²) in [6.07, 6.45) is 0. The van der Waals surface area contributed by atoms with Crippen molar-refractivity contribution in [3.63, 3.8) is 0 Å². The van der Waals surface area contributed by atoms with E-state index in [0.29, 0.717) is 21.3 Å². The average molecular weight is 352 g/mol. The van der Waals surface area contributed by atoms with Gasteiger partial charge in [-0.05, 0) is 32.0 Å². The molecule has 0 bridgehead atoms. The minimum Gasteiger partial charge on any atom is -0.495 e. The molecule has 1 aliphatic rings. The van der Waals surface area contributed by atoms with Gasteiger partial charge in [-0.15, -0.1) is 0 Å². The van der Waals surface area contributed by atoms with Crippen molar-refractivity contribution in [2.24, 2.45) is 0 Å². The van der Waals surface area contributed by atoms with Gasteiger partial charge >= 0.3 is 0 Å². The lowest BCUT2D eigenvalue weighted by molar-refractivity contribution is -0.129. The highest BCUT2D eigenvalue weighted by Crippen LogP contribution is 2.28. The largest absolute Gasteiger partial charge is 0.495 e. The van der Waals surface area contributed by atoms with E-state index in [1.54, 1.807) is 25.1 Å². The second-order valence-electron chi connectivity index (χ2n) is 4.97. The number of benzene rings is 1. The summed E-state index contributed by atoms with van der Waals surface area (Å²) in [4.78, 5) is 36.9. The van der Waals surface area contributed by atoms with Crippen LogP contribution in [0.15, 0.2) is 18.2 Å². The smallest absolute Gasteiger partial charge is 0.244 e. The zero-order chi connectivity index (χ0) is 17.1. The van der Waals surface area contributed by atoms with E-state index in [1.165, 1.54) is 30.7 Å². The first-order valence-corrected chi connectivity index (χ1v) is 8.13. The number of hydrogen-bond donors (Lipinski definition) is 1. The van der Waals surface area contributed by atoms with Crippen LogP contribution in [-0.2, 0) is 9.59 Å². The molecule has 2 amide bonds. The average Bonchev–Trinajstić information content (AvgIpc) is 2.73.